The predicted octanol–water partition coefficient (Wildman–Crippen LogP) is 1.88. The van der Waals surface area contributed by atoms with E-state index in [1.165, 1.54) is 0 Å². The lowest BCUT2D eigenvalue weighted by Gasteiger charge is -2.58. The van der Waals surface area contributed by atoms with Crippen molar-refractivity contribution in [2.75, 3.05) is 13.6 Å². The summed E-state index contributed by atoms with van der Waals surface area (Å²) in [6, 6.07) is 2.23. The van der Waals surface area contributed by atoms with Crippen molar-refractivity contribution in [3.63, 3.8) is 0 Å². The molecule has 0 bridgehead atoms. The monoisotopic (exact) mass is 232 g/mol. The molecule has 1 heterocycles. The first-order valence-electron chi connectivity index (χ1n) is 6.14. The minimum atomic E-state index is 0.201. The zero-order valence-electron chi connectivity index (χ0n) is 10.9. The minimum Gasteiger partial charge on any atom is -0.319 e. The van der Waals surface area contributed by atoms with Gasteiger partial charge in [0.25, 0.3) is 0 Å². The highest BCUT2D eigenvalue weighted by Crippen LogP contribution is 2.60. The van der Waals surface area contributed by atoms with Crippen LogP contribution < -0.4 is 5.32 Å². The summed E-state index contributed by atoms with van der Waals surface area (Å²) in [5.74, 6) is 1.62. The summed E-state index contributed by atoms with van der Waals surface area (Å²) in [6.45, 7) is 7.81. The molecule has 2 rings (SSSR count). The molecular weight excluding hydrogens is 212 g/mol. The van der Waals surface area contributed by atoms with Gasteiger partial charge in [0.2, 0.25) is 0 Å². The highest BCUT2D eigenvalue weighted by molar-refractivity contribution is 5.37. The first kappa shape index (κ1) is 12.1. The standard InChI is InChI=1S/C13H20N4/c1-8-9(2)13(3,7-15-4)11(8)12-10(5-14)6-16-17-12/h6,8-9,11,15H,7H2,1-4H3,(H,16,17)/t8-,9+,11?,13?/m1/s1. The smallest absolute Gasteiger partial charge is 0.103 e. The number of aromatic amines is 1. The van der Waals surface area contributed by atoms with Crippen LogP contribution in [0, 0.1) is 28.6 Å². The van der Waals surface area contributed by atoms with Gasteiger partial charge in [0.1, 0.15) is 6.07 Å². The largest absolute Gasteiger partial charge is 0.319 e. The average Bonchev–Trinajstić information content (AvgIpc) is 2.76. The van der Waals surface area contributed by atoms with Gasteiger partial charge in [-0.15, -0.1) is 0 Å². The Labute approximate surface area is 102 Å². The van der Waals surface area contributed by atoms with Crippen LogP contribution in [0.1, 0.15) is 37.9 Å². The zero-order valence-corrected chi connectivity index (χ0v) is 10.9. The first-order chi connectivity index (χ1) is 8.06. The Morgan fingerprint density at radius 1 is 1.59 bits per heavy atom. The van der Waals surface area contributed by atoms with Crippen LogP contribution >= 0.6 is 0 Å². The van der Waals surface area contributed by atoms with E-state index in [0.717, 1.165) is 12.2 Å². The highest BCUT2D eigenvalue weighted by Gasteiger charge is 2.55. The molecule has 17 heavy (non-hydrogen) atoms. The van der Waals surface area contributed by atoms with Crippen molar-refractivity contribution < 1.29 is 0 Å². The fourth-order valence-corrected chi connectivity index (χ4v) is 3.52. The summed E-state index contributed by atoms with van der Waals surface area (Å²) in [5, 5.41) is 19.4. The Morgan fingerprint density at radius 3 is 2.88 bits per heavy atom. The van der Waals surface area contributed by atoms with Crippen LogP contribution in [0.3, 0.4) is 0 Å². The van der Waals surface area contributed by atoms with E-state index in [1.807, 2.05) is 7.05 Å². The topological polar surface area (TPSA) is 64.5 Å². The lowest BCUT2D eigenvalue weighted by molar-refractivity contribution is -0.0402. The molecule has 1 aromatic rings. The van der Waals surface area contributed by atoms with Gasteiger partial charge in [-0.1, -0.05) is 20.8 Å². The van der Waals surface area contributed by atoms with E-state index < -0.39 is 0 Å². The van der Waals surface area contributed by atoms with E-state index in [1.54, 1.807) is 6.20 Å². The van der Waals surface area contributed by atoms with Gasteiger partial charge in [-0.3, -0.25) is 5.10 Å². The van der Waals surface area contributed by atoms with Crippen molar-refractivity contribution in [1.82, 2.24) is 15.5 Å². The molecule has 2 unspecified atom stereocenters. The molecular formula is C13H20N4. The molecule has 0 aliphatic heterocycles. The number of rotatable bonds is 3. The molecule has 1 aromatic heterocycles. The summed E-state index contributed by atoms with van der Waals surface area (Å²) in [5.41, 5.74) is 1.90. The lowest BCUT2D eigenvalue weighted by Crippen LogP contribution is -2.55. The Hall–Kier alpha value is -1.34. The summed E-state index contributed by atoms with van der Waals surface area (Å²) < 4.78 is 0. The van der Waals surface area contributed by atoms with Crippen molar-refractivity contribution in [2.24, 2.45) is 17.3 Å². The maximum Gasteiger partial charge on any atom is 0.103 e. The molecule has 1 aliphatic carbocycles. The molecule has 0 saturated heterocycles. The van der Waals surface area contributed by atoms with E-state index in [0.29, 0.717) is 23.3 Å². The fraction of sp³-hybridized carbons (Fsp3) is 0.692. The molecule has 0 aromatic carbocycles. The normalized spacial score (nSPS) is 36.3. The van der Waals surface area contributed by atoms with Gasteiger partial charge in [-0.05, 0) is 24.3 Å². The average molecular weight is 232 g/mol. The molecule has 0 radical (unpaired) electrons. The molecule has 0 spiro atoms. The van der Waals surface area contributed by atoms with Gasteiger partial charge in [0.15, 0.2) is 0 Å². The van der Waals surface area contributed by atoms with Gasteiger partial charge in [0, 0.05) is 12.5 Å². The highest BCUT2D eigenvalue weighted by atomic mass is 15.1. The third kappa shape index (κ3) is 1.57. The van der Waals surface area contributed by atoms with Crippen molar-refractivity contribution in [1.29, 1.82) is 5.26 Å². The predicted molar refractivity (Wildman–Crippen MR) is 66.4 cm³/mol. The Bertz CT molecular complexity index is 445. The molecule has 4 nitrogen and oxygen atoms in total. The lowest BCUT2D eigenvalue weighted by atomic mass is 9.47. The number of H-pyrrole nitrogens is 1. The number of hydrogen-bond acceptors (Lipinski definition) is 3. The van der Waals surface area contributed by atoms with Crippen molar-refractivity contribution in [2.45, 2.75) is 26.7 Å². The van der Waals surface area contributed by atoms with Gasteiger partial charge >= 0.3 is 0 Å². The van der Waals surface area contributed by atoms with Crippen LogP contribution in [0.2, 0.25) is 0 Å². The molecule has 1 aliphatic rings. The van der Waals surface area contributed by atoms with E-state index >= 15 is 0 Å². The summed E-state index contributed by atoms with van der Waals surface area (Å²) >= 11 is 0. The van der Waals surface area contributed by atoms with Gasteiger partial charge in [0.05, 0.1) is 17.5 Å². The van der Waals surface area contributed by atoms with Gasteiger partial charge in [-0.25, -0.2) is 0 Å². The number of nitrogens with one attached hydrogen (secondary N) is 2. The number of nitrogens with zero attached hydrogens (tertiary/aromatic N) is 2. The van der Waals surface area contributed by atoms with Crippen LogP contribution in [0.15, 0.2) is 6.20 Å². The van der Waals surface area contributed by atoms with E-state index in [2.05, 4.69) is 42.4 Å². The second-order valence-electron chi connectivity index (χ2n) is 5.47. The summed E-state index contributed by atoms with van der Waals surface area (Å²) in [4.78, 5) is 0. The maximum absolute atomic E-state index is 9.10. The van der Waals surface area contributed by atoms with Crippen LogP contribution in [0.4, 0.5) is 0 Å². The molecule has 4 atom stereocenters. The van der Waals surface area contributed by atoms with E-state index in [4.69, 9.17) is 5.26 Å². The molecule has 4 heteroatoms. The fourth-order valence-electron chi connectivity index (χ4n) is 3.52. The Balaban J connectivity index is 2.35. The van der Waals surface area contributed by atoms with Crippen LogP contribution in [-0.4, -0.2) is 23.8 Å². The second-order valence-corrected chi connectivity index (χ2v) is 5.47. The Kier molecular flexibility index (Phi) is 2.96. The summed E-state index contributed by atoms with van der Waals surface area (Å²) in [7, 11) is 1.98. The quantitative estimate of drug-likeness (QED) is 0.836. The first-order valence-corrected chi connectivity index (χ1v) is 6.14. The molecule has 92 valence electrons. The van der Waals surface area contributed by atoms with Crippen molar-refractivity contribution in [3.8, 4) is 6.07 Å². The van der Waals surface area contributed by atoms with Gasteiger partial charge in [-0.2, -0.15) is 10.4 Å². The maximum atomic E-state index is 9.10. The van der Waals surface area contributed by atoms with Crippen LogP contribution in [0.25, 0.3) is 0 Å². The van der Waals surface area contributed by atoms with E-state index in [-0.39, 0.29) is 5.41 Å². The SMILES string of the molecule is CNCC1(C)C(c2[nH]ncc2C#N)[C@H](C)[C@@H]1C. The third-order valence-electron chi connectivity index (χ3n) is 4.72. The molecule has 2 N–H and O–H groups in total. The van der Waals surface area contributed by atoms with Crippen molar-refractivity contribution in [3.05, 3.63) is 17.5 Å². The van der Waals surface area contributed by atoms with Crippen molar-refractivity contribution >= 4 is 0 Å². The van der Waals surface area contributed by atoms with Crippen LogP contribution in [0.5, 0.6) is 0 Å². The number of nitriles is 1. The summed E-state index contributed by atoms with van der Waals surface area (Å²) in [6.07, 6.45) is 1.63. The molecule has 0 amide bonds. The number of aromatic nitrogens is 2. The van der Waals surface area contributed by atoms with Gasteiger partial charge < -0.3 is 5.32 Å². The second kappa shape index (κ2) is 4.15. The molecule has 1 saturated carbocycles. The minimum absolute atomic E-state index is 0.201. The van der Waals surface area contributed by atoms with E-state index in [9.17, 15) is 0 Å². The third-order valence-corrected chi connectivity index (χ3v) is 4.72. The zero-order chi connectivity index (χ0) is 12.6. The Morgan fingerprint density at radius 2 is 2.29 bits per heavy atom. The number of hydrogen-bond donors (Lipinski definition) is 2. The molecule has 1 fully saturated rings. The van der Waals surface area contributed by atoms with Crippen LogP contribution in [-0.2, 0) is 0 Å².